The fraction of sp³-hybridized carbons (Fsp3) is 0.746. The van der Waals surface area contributed by atoms with Gasteiger partial charge >= 0.3 is 5.97 Å². The number of rotatable bonds is 50. The smallest absolute Gasteiger partial charge is 0.305 e. The summed E-state index contributed by atoms with van der Waals surface area (Å²) in [5.41, 5.74) is 0. The first kappa shape index (κ1) is 68.9. The van der Waals surface area contributed by atoms with Crippen molar-refractivity contribution in [1.29, 1.82) is 0 Å². The summed E-state index contributed by atoms with van der Waals surface area (Å²) in [6, 6.07) is -0.840. The molecule has 426 valence electrons. The van der Waals surface area contributed by atoms with Crippen LogP contribution in [0.2, 0.25) is 0 Å². The summed E-state index contributed by atoms with van der Waals surface area (Å²) in [6.45, 7) is 4.04. The zero-order valence-corrected chi connectivity index (χ0v) is 46.8. The van der Waals surface area contributed by atoms with E-state index >= 15 is 0 Å². The molecule has 0 aliphatic carbocycles. The Morgan fingerprint density at radius 3 is 1.47 bits per heavy atom. The standard InChI is InChI=1S/C63H109NO10/c1-3-5-7-9-11-13-15-16-24-28-31-35-39-43-47-51-59(68)72-52-48-44-40-36-32-29-26-23-21-19-17-18-20-22-25-27-30-34-38-42-46-50-58(67)64-55(54-73-63-62(71)61(70)60(69)57(53-65)74-63)56(66)49-45-41-37-33-14-12-10-8-6-4-2/h6,8,11,13-14,16,24,29,32-33,40,44-45,49,55-57,60-63,65-66,69-71H,3-5,7,9-10,12,15,17-23,25-28,30-31,34-39,41-43,46-48,50-54H2,1-2H3,(H,64,67)/b8-6+,13-11-,24-16-,32-29-,33-14+,44-40-,49-45+. The highest BCUT2D eigenvalue weighted by atomic mass is 16.7. The van der Waals surface area contributed by atoms with Gasteiger partial charge in [-0.25, -0.2) is 0 Å². The Labute approximate surface area is 451 Å². The van der Waals surface area contributed by atoms with E-state index in [1.54, 1.807) is 6.08 Å². The number of aliphatic hydroxyl groups is 5. The van der Waals surface area contributed by atoms with Crippen molar-refractivity contribution >= 4 is 11.9 Å². The molecule has 1 aliphatic rings. The first-order valence-corrected chi connectivity index (χ1v) is 29.9. The summed E-state index contributed by atoms with van der Waals surface area (Å²) in [5.74, 6) is -0.270. The molecule has 11 heteroatoms. The van der Waals surface area contributed by atoms with Crippen molar-refractivity contribution in [3.05, 3.63) is 85.1 Å². The van der Waals surface area contributed by atoms with Gasteiger partial charge in [0.1, 0.15) is 24.4 Å². The molecule has 0 saturated carbocycles. The van der Waals surface area contributed by atoms with Crippen molar-refractivity contribution in [1.82, 2.24) is 5.32 Å². The average Bonchev–Trinajstić information content (AvgIpc) is 3.40. The molecule has 74 heavy (non-hydrogen) atoms. The molecule has 0 spiro atoms. The minimum absolute atomic E-state index is 0.0647. The van der Waals surface area contributed by atoms with Crippen LogP contribution in [0.5, 0.6) is 0 Å². The van der Waals surface area contributed by atoms with Crippen LogP contribution in [0.3, 0.4) is 0 Å². The van der Waals surface area contributed by atoms with Gasteiger partial charge in [-0.05, 0) is 103 Å². The Hall–Kier alpha value is -3.16. The maximum Gasteiger partial charge on any atom is 0.305 e. The highest BCUT2D eigenvalue weighted by Gasteiger charge is 2.44. The molecular formula is C63H109NO10. The molecule has 0 bridgehead atoms. The summed E-state index contributed by atoms with van der Waals surface area (Å²) in [4.78, 5) is 25.0. The molecule has 1 rings (SSSR count). The predicted molar refractivity (Wildman–Crippen MR) is 306 cm³/mol. The Bertz CT molecular complexity index is 1500. The number of unbranched alkanes of at least 4 members (excludes halogenated alkanes) is 24. The normalized spacial score (nSPS) is 19.5. The molecule has 11 nitrogen and oxygen atoms in total. The molecule has 7 unspecified atom stereocenters. The number of allylic oxidation sites excluding steroid dienone is 12. The van der Waals surface area contributed by atoms with E-state index in [4.69, 9.17) is 14.2 Å². The average molecular weight is 1040 g/mol. The van der Waals surface area contributed by atoms with Crippen LogP contribution in [-0.2, 0) is 23.8 Å². The van der Waals surface area contributed by atoms with E-state index in [1.807, 2.05) is 6.08 Å². The number of ether oxygens (including phenoxy) is 3. The molecule has 1 fully saturated rings. The van der Waals surface area contributed by atoms with E-state index in [0.29, 0.717) is 19.4 Å². The van der Waals surface area contributed by atoms with Crippen LogP contribution in [0.4, 0.5) is 0 Å². The molecule has 1 heterocycles. The van der Waals surface area contributed by atoms with Gasteiger partial charge in [0.25, 0.3) is 0 Å². The largest absolute Gasteiger partial charge is 0.465 e. The first-order chi connectivity index (χ1) is 36.2. The van der Waals surface area contributed by atoms with Crippen LogP contribution < -0.4 is 5.32 Å². The third-order valence-corrected chi connectivity index (χ3v) is 13.5. The Morgan fingerprint density at radius 2 is 0.959 bits per heavy atom. The van der Waals surface area contributed by atoms with Crippen LogP contribution >= 0.6 is 0 Å². The van der Waals surface area contributed by atoms with E-state index in [0.717, 1.165) is 103 Å². The maximum absolute atomic E-state index is 13.0. The second kappa shape index (κ2) is 51.9. The number of amides is 1. The van der Waals surface area contributed by atoms with Gasteiger partial charge in [0, 0.05) is 12.8 Å². The van der Waals surface area contributed by atoms with Crippen molar-refractivity contribution in [2.24, 2.45) is 0 Å². The van der Waals surface area contributed by atoms with Crippen LogP contribution in [0.15, 0.2) is 85.1 Å². The van der Waals surface area contributed by atoms with Crippen LogP contribution in [0.25, 0.3) is 0 Å². The number of hydrogen-bond acceptors (Lipinski definition) is 10. The Kier molecular flexibility index (Phi) is 48.3. The van der Waals surface area contributed by atoms with E-state index in [-0.39, 0.29) is 18.5 Å². The molecule has 7 atom stereocenters. The van der Waals surface area contributed by atoms with Crippen molar-refractivity contribution < 1.29 is 49.3 Å². The van der Waals surface area contributed by atoms with Gasteiger partial charge in [0.05, 0.1) is 32.0 Å². The van der Waals surface area contributed by atoms with E-state index in [1.165, 1.54) is 109 Å². The molecule has 0 radical (unpaired) electrons. The van der Waals surface area contributed by atoms with Crippen LogP contribution in [0, 0.1) is 0 Å². The van der Waals surface area contributed by atoms with Crippen LogP contribution in [-0.4, -0.2) is 100 Å². The fourth-order valence-corrected chi connectivity index (χ4v) is 8.75. The number of aliphatic hydroxyl groups excluding tert-OH is 5. The zero-order valence-electron chi connectivity index (χ0n) is 46.8. The molecule has 1 saturated heterocycles. The number of esters is 1. The fourth-order valence-electron chi connectivity index (χ4n) is 8.75. The predicted octanol–water partition coefficient (Wildman–Crippen LogP) is 13.8. The highest BCUT2D eigenvalue weighted by Crippen LogP contribution is 2.23. The quantitative estimate of drug-likeness (QED) is 0.0195. The summed E-state index contributed by atoms with van der Waals surface area (Å²) < 4.78 is 16.6. The van der Waals surface area contributed by atoms with Gasteiger partial charge in [0.15, 0.2) is 6.29 Å². The number of hydrogen-bond donors (Lipinski definition) is 6. The molecular weight excluding hydrogens is 931 g/mol. The van der Waals surface area contributed by atoms with Crippen molar-refractivity contribution in [2.75, 3.05) is 19.8 Å². The number of nitrogens with one attached hydrogen (secondary N) is 1. The van der Waals surface area contributed by atoms with Gasteiger partial charge in [-0.1, -0.05) is 208 Å². The molecule has 0 aromatic rings. The maximum atomic E-state index is 13.0. The van der Waals surface area contributed by atoms with E-state index in [2.05, 4.69) is 92.1 Å². The first-order valence-electron chi connectivity index (χ1n) is 29.9. The molecule has 1 aliphatic heterocycles. The third-order valence-electron chi connectivity index (χ3n) is 13.5. The van der Waals surface area contributed by atoms with Gasteiger partial charge < -0.3 is 45.1 Å². The summed E-state index contributed by atoms with van der Waals surface area (Å²) >= 11 is 0. The van der Waals surface area contributed by atoms with Crippen molar-refractivity contribution in [3.8, 4) is 0 Å². The second-order valence-corrected chi connectivity index (χ2v) is 20.3. The van der Waals surface area contributed by atoms with Gasteiger partial charge in [-0.3, -0.25) is 9.59 Å². The Morgan fingerprint density at radius 1 is 0.514 bits per heavy atom. The van der Waals surface area contributed by atoms with Gasteiger partial charge in [0.2, 0.25) is 5.91 Å². The summed E-state index contributed by atoms with van der Waals surface area (Å²) in [5, 5.41) is 54.2. The van der Waals surface area contributed by atoms with Crippen molar-refractivity contribution in [3.63, 3.8) is 0 Å². The molecule has 1 amide bonds. The lowest BCUT2D eigenvalue weighted by Gasteiger charge is -2.40. The highest BCUT2D eigenvalue weighted by molar-refractivity contribution is 5.76. The lowest BCUT2D eigenvalue weighted by molar-refractivity contribution is -0.302. The molecule has 0 aromatic carbocycles. The molecule has 0 aromatic heterocycles. The summed E-state index contributed by atoms with van der Waals surface area (Å²) in [7, 11) is 0. The van der Waals surface area contributed by atoms with Crippen LogP contribution in [0.1, 0.15) is 239 Å². The second-order valence-electron chi connectivity index (χ2n) is 20.3. The van der Waals surface area contributed by atoms with Crippen molar-refractivity contribution in [2.45, 2.75) is 281 Å². The monoisotopic (exact) mass is 1040 g/mol. The van der Waals surface area contributed by atoms with Gasteiger partial charge in [-0.15, -0.1) is 0 Å². The third kappa shape index (κ3) is 41.1. The SMILES string of the molecule is CC/C=C/CC/C=C/CC/C=C/C(O)C(COC1OC(CO)C(O)C(O)C1O)NC(=O)CCCCCCCCCCCCCCCC/C=C\C/C=C\CCOC(=O)CCCCCCC/C=C\C/C=C\CCCCC. The lowest BCUT2D eigenvalue weighted by Crippen LogP contribution is -2.60. The number of carbonyl (C=O) groups is 2. The van der Waals surface area contributed by atoms with E-state index in [9.17, 15) is 35.1 Å². The molecule has 6 N–H and O–H groups in total. The lowest BCUT2D eigenvalue weighted by atomic mass is 9.99. The minimum Gasteiger partial charge on any atom is -0.465 e. The Balaban J connectivity index is 2.06. The number of carbonyl (C=O) groups excluding carboxylic acids is 2. The summed E-state index contributed by atoms with van der Waals surface area (Å²) in [6.07, 6.45) is 59.9. The van der Waals surface area contributed by atoms with E-state index < -0.39 is 49.5 Å². The minimum atomic E-state index is -1.58. The topological polar surface area (TPSA) is 175 Å². The zero-order chi connectivity index (χ0) is 53.8. The van der Waals surface area contributed by atoms with Gasteiger partial charge in [-0.2, -0.15) is 0 Å².